The number of nitrogens with one attached hydrogen (secondary N) is 1. The molecule has 0 aromatic carbocycles. The Labute approximate surface area is 99.8 Å². The highest BCUT2D eigenvalue weighted by Crippen LogP contribution is 2.09. The molecule has 2 amide bonds. The molecule has 0 aliphatic carbocycles. The van der Waals surface area contributed by atoms with Crippen molar-refractivity contribution in [2.24, 2.45) is 0 Å². The molecular formula is C12H16N2O3. The Morgan fingerprint density at radius 3 is 3.06 bits per heavy atom. The van der Waals surface area contributed by atoms with Crippen molar-refractivity contribution in [3.63, 3.8) is 0 Å². The summed E-state index contributed by atoms with van der Waals surface area (Å²) < 4.78 is 4.97. The Kier molecular flexibility index (Phi) is 3.80. The van der Waals surface area contributed by atoms with Gasteiger partial charge in [-0.3, -0.25) is 9.59 Å². The second-order valence-electron chi connectivity index (χ2n) is 4.07. The van der Waals surface area contributed by atoms with Gasteiger partial charge in [0.2, 0.25) is 5.91 Å². The highest BCUT2D eigenvalue weighted by atomic mass is 16.3. The van der Waals surface area contributed by atoms with Gasteiger partial charge in [0.15, 0.2) is 5.76 Å². The summed E-state index contributed by atoms with van der Waals surface area (Å²) in [5.74, 6) is 0.248. The zero-order valence-corrected chi connectivity index (χ0v) is 9.65. The fourth-order valence-corrected chi connectivity index (χ4v) is 1.90. The first-order chi connectivity index (χ1) is 8.27. The van der Waals surface area contributed by atoms with Crippen molar-refractivity contribution >= 4 is 11.8 Å². The molecule has 1 aromatic heterocycles. The average Bonchev–Trinajstić information content (AvgIpc) is 2.85. The normalized spacial score (nSPS) is 16.0. The minimum atomic E-state index is -0.237. The molecule has 5 nitrogen and oxygen atoms in total. The number of furan rings is 1. The van der Waals surface area contributed by atoms with Gasteiger partial charge >= 0.3 is 0 Å². The topological polar surface area (TPSA) is 62.6 Å². The van der Waals surface area contributed by atoms with Gasteiger partial charge in [0.05, 0.1) is 6.26 Å². The zero-order valence-electron chi connectivity index (χ0n) is 9.65. The number of rotatable bonds is 4. The van der Waals surface area contributed by atoms with Crippen molar-refractivity contribution in [1.29, 1.82) is 0 Å². The number of hydrogen-bond acceptors (Lipinski definition) is 3. The fraction of sp³-hybridized carbons (Fsp3) is 0.500. The van der Waals surface area contributed by atoms with E-state index < -0.39 is 0 Å². The van der Waals surface area contributed by atoms with E-state index in [-0.39, 0.29) is 11.8 Å². The molecule has 92 valence electrons. The predicted molar refractivity (Wildman–Crippen MR) is 61.5 cm³/mol. The van der Waals surface area contributed by atoms with E-state index in [2.05, 4.69) is 5.32 Å². The van der Waals surface area contributed by atoms with E-state index in [1.54, 1.807) is 17.0 Å². The molecule has 0 bridgehead atoms. The molecule has 0 spiro atoms. The molecular weight excluding hydrogens is 220 g/mol. The Morgan fingerprint density at radius 1 is 1.47 bits per heavy atom. The number of carbonyl (C=O) groups is 2. The maximum atomic E-state index is 11.5. The molecule has 5 heteroatoms. The largest absolute Gasteiger partial charge is 0.459 e. The third kappa shape index (κ3) is 3.09. The lowest BCUT2D eigenvalue weighted by atomic mass is 10.1. The van der Waals surface area contributed by atoms with E-state index in [0.29, 0.717) is 25.3 Å². The number of carbonyl (C=O) groups excluding carboxylic acids is 2. The van der Waals surface area contributed by atoms with Gasteiger partial charge in [0.25, 0.3) is 5.91 Å². The third-order valence-electron chi connectivity index (χ3n) is 2.83. The molecule has 1 N–H and O–H groups in total. The highest BCUT2D eigenvalue weighted by molar-refractivity contribution is 5.91. The molecule has 17 heavy (non-hydrogen) atoms. The van der Waals surface area contributed by atoms with Gasteiger partial charge in [-0.1, -0.05) is 0 Å². The Hall–Kier alpha value is -1.78. The second-order valence-corrected chi connectivity index (χ2v) is 4.07. The Bertz CT molecular complexity index is 386. The molecule has 2 heterocycles. The first kappa shape index (κ1) is 11.7. The van der Waals surface area contributed by atoms with Gasteiger partial charge in [0.1, 0.15) is 0 Å². The lowest BCUT2D eigenvalue weighted by Gasteiger charge is -2.26. The molecule has 1 aliphatic heterocycles. The lowest BCUT2D eigenvalue weighted by Crippen LogP contribution is -2.40. The molecule has 1 aromatic rings. The monoisotopic (exact) mass is 236 g/mol. The van der Waals surface area contributed by atoms with Crippen LogP contribution in [0.4, 0.5) is 0 Å². The maximum Gasteiger partial charge on any atom is 0.287 e. The van der Waals surface area contributed by atoms with Crippen LogP contribution in [0.5, 0.6) is 0 Å². The van der Waals surface area contributed by atoms with Crippen LogP contribution in [0.1, 0.15) is 29.8 Å². The van der Waals surface area contributed by atoms with Crippen molar-refractivity contribution in [2.75, 3.05) is 19.6 Å². The molecule has 0 saturated carbocycles. The van der Waals surface area contributed by atoms with Crippen molar-refractivity contribution in [1.82, 2.24) is 10.2 Å². The van der Waals surface area contributed by atoms with E-state index >= 15 is 0 Å². The minimum absolute atomic E-state index is 0.184. The summed E-state index contributed by atoms with van der Waals surface area (Å²) in [6.45, 7) is 1.84. The van der Waals surface area contributed by atoms with Gasteiger partial charge in [-0.05, 0) is 25.0 Å². The average molecular weight is 236 g/mol. The first-order valence-electron chi connectivity index (χ1n) is 5.87. The summed E-state index contributed by atoms with van der Waals surface area (Å²) in [7, 11) is 0. The standard InChI is InChI=1S/C12H16N2O3/c15-11-5-1-2-7-14(11)8-6-13-12(16)10-4-3-9-17-10/h3-4,9H,1-2,5-8H2,(H,13,16). The number of hydrogen-bond donors (Lipinski definition) is 1. The van der Waals surface area contributed by atoms with Crippen LogP contribution in [0.15, 0.2) is 22.8 Å². The van der Waals surface area contributed by atoms with E-state index in [1.165, 1.54) is 6.26 Å². The lowest BCUT2D eigenvalue weighted by molar-refractivity contribution is -0.133. The van der Waals surface area contributed by atoms with E-state index in [9.17, 15) is 9.59 Å². The first-order valence-corrected chi connectivity index (χ1v) is 5.87. The number of piperidine rings is 1. The number of amides is 2. The van der Waals surface area contributed by atoms with E-state index in [0.717, 1.165) is 19.4 Å². The van der Waals surface area contributed by atoms with Crippen molar-refractivity contribution < 1.29 is 14.0 Å². The van der Waals surface area contributed by atoms with Crippen molar-refractivity contribution in [2.45, 2.75) is 19.3 Å². The Morgan fingerprint density at radius 2 is 2.35 bits per heavy atom. The molecule has 2 rings (SSSR count). The predicted octanol–water partition coefficient (Wildman–Crippen LogP) is 1.02. The summed E-state index contributed by atoms with van der Waals surface area (Å²) in [5.41, 5.74) is 0. The summed E-state index contributed by atoms with van der Waals surface area (Å²) >= 11 is 0. The van der Waals surface area contributed by atoms with Gasteiger partial charge in [-0.2, -0.15) is 0 Å². The van der Waals surface area contributed by atoms with Crippen LogP contribution >= 0.6 is 0 Å². The second kappa shape index (κ2) is 5.52. The van der Waals surface area contributed by atoms with Gasteiger partial charge in [0, 0.05) is 26.1 Å². The van der Waals surface area contributed by atoms with Crippen LogP contribution in [0.2, 0.25) is 0 Å². The van der Waals surface area contributed by atoms with E-state index in [1.807, 2.05) is 0 Å². The van der Waals surface area contributed by atoms with Crippen molar-refractivity contribution in [3.8, 4) is 0 Å². The summed E-state index contributed by atoms with van der Waals surface area (Å²) in [6, 6.07) is 3.28. The van der Waals surface area contributed by atoms with Gasteiger partial charge in [-0.25, -0.2) is 0 Å². The van der Waals surface area contributed by atoms with Crippen LogP contribution in [0.3, 0.4) is 0 Å². The molecule has 1 saturated heterocycles. The van der Waals surface area contributed by atoms with Crippen LogP contribution in [-0.4, -0.2) is 36.3 Å². The Balaban J connectivity index is 1.72. The van der Waals surface area contributed by atoms with Gasteiger partial charge < -0.3 is 14.6 Å². The van der Waals surface area contributed by atoms with Crippen LogP contribution < -0.4 is 5.32 Å². The van der Waals surface area contributed by atoms with Gasteiger partial charge in [-0.15, -0.1) is 0 Å². The SMILES string of the molecule is O=C(NCCN1CCCCC1=O)c1ccco1. The molecule has 0 unspecified atom stereocenters. The molecule has 0 radical (unpaired) electrons. The van der Waals surface area contributed by atoms with Crippen molar-refractivity contribution in [3.05, 3.63) is 24.2 Å². The number of likely N-dealkylation sites (tertiary alicyclic amines) is 1. The zero-order chi connectivity index (χ0) is 12.1. The molecule has 1 fully saturated rings. The third-order valence-corrected chi connectivity index (χ3v) is 2.83. The molecule has 1 aliphatic rings. The van der Waals surface area contributed by atoms with Crippen LogP contribution in [-0.2, 0) is 4.79 Å². The summed E-state index contributed by atoms with van der Waals surface area (Å²) in [5, 5.41) is 2.73. The fourth-order valence-electron chi connectivity index (χ4n) is 1.90. The number of nitrogens with zero attached hydrogens (tertiary/aromatic N) is 1. The quantitative estimate of drug-likeness (QED) is 0.849. The highest BCUT2D eigenvalue weighted by Gasteiger charge is 2.17. The van der Waals surface area contributed by atoms with Crippen LogP contribution in [0, 0.1) is 0 Å². The molecule has 0 atom stereocenters. The van der Waals surface area contributed by atoms with Crippen LogP contribution in [0.25, 0.3) is 0 Å². The maximum absolute atomic E-state index is 11.5. The smallest absolute Gasteiger partial charge is 0.287 e. The summed E-state index contributed by atoms with van der Waals surface area (Å²) in [6.07, 6.45) is 4.13. The summed E-state index contributed by atoms with van der Waals surface area (Å²) in [4.78, 5) is 24.8. The minimum Gasteiger partial charge on any atom is -0.459 e. The van der Waals surface area contributed by atoms with E-state index in [4.69, 9.17) is 4.42 Å².